The molecule has 0 bridgehead atoms. The Kier molecular flexibility index (Phi) is 6.43. The highest BCUT2D eigenvalue weighted by atomic mass is 16.1. The van der Waals surface area contributed by atoms with E-state index in [9.17, 15) is 4.79 Å². The molecule has 0 aromatic rings. The summed E-state index contributed by atoms with van der Waals surface area (Å²) < 4.78 is 0. The largest absolute Gasteiger partial charge is 0.368 e. The zero-order valence-electron chi connectivity index (χ0n) is 13.8. The summed E-state index contributed by atoms with van der Waals surface area (Å²) in [5.74, 6) is 0.427. The molecular formula is C15H32N4O. The van der Waals surface area contributed by atoms with Gasteiger partial charge in [0.15, 0.2) is 0 Å². The molecule has 1 saturated heterocycles. The molecule has 1 heterocycles. The number of nitrogens with zero attached hydrogens (tertiary/aromatic N) is 2. The zero-order chi connectivity index (χ0) is 15.3. The Morgan fingerprint density at radius 2 is 2.10 bits per heavy atom. The molecule has 1 aliphatic rings. The first kappa shape index (κ1) is 17.4. The van der Waals surface area contributed by atoms with Gasteiger partial charge in [-0.3, -0.25) is 4.79 Å². The van der Waals surface area contributed by atoms with Gasteiger partial charge in [-0.25, -0.2) is 0 Å². The third-order valence-electron chi connectivity index (χ3n) is 4.55. The molecule has 3 N–H and O–H groups in total. The van der Waals surface area contributed by atoms with E-state index in [0.29, 0.717) is 12.0 Å². The van der Waals surface area contributed by atoms with E-state index in [1.54, 1.807) is 0 Å². The lowest BCUT2D eigenvalue weighted by Crippen LogP contribution is -2.54. The van der Waals surface area contributed by atoms with Gasteiger partial charge in [0, 0.05) is 25.7 Å². The third kappa shape index (κ3) is 4.43. The molecule has 0 aromatic carbocycles. The summed E-state index contributed by atoms with van der Waals surface area (Å²) in [5, 5.41) is 3.30. The van der Waals surface area contributed by atoms with Gasteiger partial charge in [0.05, 0.1) is 5.54 Å². The summed E-state index contributed by atoms with van der Waals surface area (Å²) in [7, 11) is 4.28. The SMILES string of the molecule is CCCNC(C)(CCN1CC(C)C(N(C)C)C1)C(N)=O. The lowest BCUT2D eigenvalue weighted by molar-refractivity contribution is -0.124. The van der Waals surface area contributed by atoms with Crippen LogP contribution in [0, 0.1) is 5.92 Å². The second-order valence-corrected chi connectivity index (χ2v) is 6.64. The van der Waals surface area contributed by atoms with Crippen LogP contribution < -0.4 is 11.1 Å². The van der Waals surface area contributed by atoms with Crippen LogP contribution in [0.15, 0.2) is 0 Å². The molecule has 0 spiro atoms. The average Bonchev–Trinajstić information content (AvgIpc) is 2.75. The predicted octanol–water partition coefficient (Wildman–Crippen LogP) is 0.502. The van der Waals surface area contributed by atoms with E-state index in [-0.39, 0.29) is 5.91 Å². The quantitative estimate of drug-likeness (QED) is 0.681. The van der Waals surface area contributed by atoms with Gasteiger partial charge in [0.2, 0.25) is 5.91 Å². The van der Waals surface area contributed by atoms with Gasteiger partial charge < -0.3 is 20.9 Å². The van der Waals surface area contributed by atoms with Crippen molar-refractivity contribution in [2.24, 2.45) is 11.7 Å². The minimum absolute atomic E-state index is 0.248. The van der Waals surface area contributed by atoms with Gasteiger partial charge >= 0.3 is 0 Å². The minimum atomic E-state index is -0.588. The number of likely N-dealkylation sites (N-methyl/N-ethyl adjacent to an activating group) is 1. The fraction of sp³-hybridized carbons (Fsp3) is 0.933. The number of carbonyl (C=O) groups excluding carboxylic acids is 1. The molecule has 20 heavy (non-hydrogen) atoms. The molecule has 118 valence electrons. The van der Waals surface area contributed by atoms with Crippen LogP contribution in [0.4, 0.5) is 0 Å². The number of hydrogen-bond acceptors (Lipinski definition) is 4. The van der Waals surface area contributed by atoms with Crippen molar-refractivity contribution in [3.63, 3.8) is 0 Å². The molecule has 3 unspecified atom stereocenters. The second-order valence-electron chi connectivity index (χ2n) is 6.64. The van der Waals surface area contributed by atoms with Gasteiger partial charge in [0.1, 0.15) is 0 Å². The van der Waals surface area contributed by atoms with Crippen LogP contribution in [0.3, 0.4) is 0 Å². The van der Waals surface area contributed by atoms with Crippen molar-refractivity contribution >= 4 is 5.91 Å². The molecule has 1 rings (SSSR count). The lowest BCUT2D eigenvalue weighted by Gasteiger charge is -2.30. The molecule has 0 radical (unpaired) electrons. The van der Waals surface area contributed by atoms with Crippen molar-refractivity contribution in [3.8, 4) is 0 Å². The first-order valence-corrected chi connectivity index (χ1v) is 7.74. The number of primary amides is 1. The molecule has 5 nitrogen and oxygen atoms in total. The topological polar surface area (TPSA) is 61.6 Å². The van der Waals surface area contributed by atoms with Gasteiger partial charge in [0.25, 0.3) is 0 Å². The summed E-state index contributed by atoms with van der Waals surface area (Å²) in [6.07, 6.45) is 1.78. The number of likely N-dealkylation sites (tertiary alicyclic amines) is 1. The smallest absolute Gasteiger partial charge is 0.237 e. The monoisotopic (exact) mass is 284 g/mol. The van der Waals surface area contributed by atoms with Crippen molar-refractivity contribution < 1.29 is 4.79 Å². The van der Waals surface area contributed by atoms with E-state index >= 15 is 0 Å². The average molecular weight is 284 g/mol. The number of nitrogens with two attached hydrogens (primary N) is 1. The van der Waals surface area contributed by atoms with Gasteiger partial charge in [-0.2, -0.15) is 0 Å². The van der Waals surface area contributed by atoms with Crippen LogP contribution in [0.5, 0.6) is 0 Å². The number of amides is 1. The van der Waals surface area contributed by atoms with E-state index in [0.717, 1.165) is 39.0 Å². The highest BCUT2D eigenvalue weighted by Crippen LogP contribution is 2.21. The molecule has 3 atom stereocenters. The molecule has 0 aliphatic carbocycles. The van der Waals surface area contributed by atoms with Crippen LogP contribution >= 0.6 is 0 Å². The van der Waals surface area contributed by atoms with E-state index in [1.807, 2.05) is 6.92 Å². The molecular weight excluding hydrogens is 252 g/mol. The number of hydrogen-bond donors (Lipinski definition) is 2. The van der Waals surface area contributed by atoms with Gasteiger partial charge in [-0.05, 0) is 46.3 Å². The van der Waals surface area contributed by atoms with E-state index in [2.05, 4.69) is 43.1 Å². The van der Waals surface area contributed by atoms with Crippen molar-refractivity contribution in [2.75, 3.05) is 40.3 Å². The number of nitrogens with one attached hydrogen (secondary N) is 1. The highest BCUT2D eigenvalue weighted by molar-refractivity contribution is 5.84. The Labute approximate surface area is 123 Å². The Morgan fingerprint density at radius 3 is 2.55 bits per heavy atom. The van der Waals surface area contributed by atoms with Crippen molar-refractivity contribution in [1.82, 2.24) is 15.1 Å². The number of carbonyl (C=O) groups is 1. The Balaban J connectivity index is 2.50. The molecule has 0 aromatic heterocycles. The first-order valence-electron chi connectivity index (χ1n) is 7.74. The van der Waals surface area contributed by atoms with Crippen LogP contribution in [-0.2, 0) is 4.79 Å². The van der Waals surface area contributed by atoms with Crippen LogP contribution in [0.2, 0.25) is 0 Å². The standard InChI is InChI=1S/C15H32N4O/c1-6-8-17-15(3,14(16)20)7-9-19-10-12(2)13(11-19)18(4)5/h12-13,17H,6-11H2,1-5H3,(H2,16,20). The Hall–Kier alpha value is -0.650. The minimum Gasteiger partial charge on any atom is -0.368 e. The van der Waals surface area contributed by atoms with Crippen LogP contribution in [0.1, 0.15) is 33.6 Å². The maximum Gasteiger partial charge on any atom is 0.237 e. The van der Waals surface area contributed by atoms with E-state index in [4.69, 9.17) is 5.73 Å². The molecule has 0 saturated carbocycles. The fourth-order valence-electron chi connectivity index (χ4n) is 2.98. The maximum atomic E-state index is 11.7. The van der Waals surface area contributed by atoms with E-state index in [1.165, 1.54) is 0 Å². The fourth-order valence-corrected chi connectivity index (χ4v) is 2.98. The summed E-state index contributed by atoms with van der Waals surface area (Å²) in [6, 6.07) is 0.610. The predicted molar refractivity (Wildman–Crippen MR) is 83.6 cm³/mol. The maximum absolute atomic E-state index is 11.7. The molecule has 5 heteroatoms. The summed E-state index contributed by atoms with van der Waals surface area (Å²) in [5.41, 5.74) is 4.98. The first-order chi connectivity index (χ1) is 9.30. The van der Waals surface area contributed by atoms with Crippen molar-refractivity contribution in [1.29, 1.82) is 0 Å². The van der Waals surface area contributed by atoms with Crippen molar-refractivity contribution in [3.05, 3.63) is 0 Å². The lowest BCUT2D eigenvalue weighted by atomic mass is 9.96. The molecule has 1 fully saturated rings. The number of rotatable bonds is 8. The van der Waals surface area contributed by atoms with Crippen molar-refractivity contribution in [2.45, 2.75) is 45.2 Å². The van der Waals surface area contributed by atoms with Gasteiger partial charge in [-0.15, -0.1) is 0 Å². The Morgan fingerprint density at radius 1 is 1.45 bits per heavy atom. The summed E-state index contributed by atoms with van der Waals surface area (Å²) >= 11 is 0. The second kappa shape index (κ2) is 7.38. The highest BCUT2D eigenvalue weighted by Gasteiger charge is 2.34. The van der Waals surface area contributed by atoms with Crippen LogP contribution in [-0.4, -0.2) is 67.6 Å². The zero-order valence-corrected chi connectivity index (χ0v) is 13.8. The Bertz CT molecular complexity index is 321. The molecule has 1 aliphatic heterocycles. The molecule has 1 amide bonds. The van der Waals surface area contributed by atoms with Crippen LogP contribution in [0.25, 0.3) is 0 Å². The van der Waals surface area contributed by atoms with E-state index < -0.39 is 5.54 Å². The normalized spacial score (nSPS) is 26.9. The summed E-state index contributed by atoms with van der Waals surface area (Å²) in [4.78, 5) is 16.4. The van der Waals surface area contributed by atoms with Gasteiger partial charge in [-0.1, -0.05) is 13.8 Å². The summed E-state index contributed by atoms with van der Waals surface area (Å²) in [6.45, 7) is 10.3. The third-order valence-corrected chi connectivity index (χ3v) is 4.55.